The van der Waals surface area contributed by atoms with E-state index < -0.39 is 17.6 Å². The number of rotatable bonds is 4. The maximum absolute atomic E-state index is 12.9. The molecule has 30 heavy (non-hydrogen) atoms. The molecule has 2 heterocycles. The zero-order valence-corrected chi connectivity index (χ0v) is 16.8. The molecule has 0 bridgehead atoms. The SMILES string of the molecule is C[C@@H]1C[C@H](N(C)Cc2cccc(C(F)(F)F)c2)CCN1C(=O)n1ccc(C(N)=O)n1. The van der Waals surface area contributed by atoms with Crippen molar-refractivity contribution in [3.8, 4) is 0 Å². The predicted molar refractivity (Wildman–Crippen MR) is 104 cm³/mol. The van der Waals surface area contributed by atoms with Gasteiger partial charge in [0.05, 0.1) is 5.56 Å². The number of nitrogens with zero attached hydrogens (tertiary/aromatic N) is 4. The van der Waals surface area contributed by atoms with Crippen molar-refractivity contribution >= 4 is 11.9 Å². The summed E-state index contributed by atoms with van der Waals surface area (Å²) in [4.78, 5) is 27.6. The number of likely N-dealkylation sites (tertiary alicyclic amines) is 1. The van der Waals surface area contributed by atoms with Gasteiger partial charge in [-0.15, -0.1) is 0 Å². The third kappa shape index (κ3) is 4.81. The van der Waals surface area contributed by atoms with Crippen LogP contribution in [0.2, 0.25) is 0 Å². The minimum atomic E-state index is -4.37. The van der Waals surface area contributed by atoms with Gasteiger partial charge in [-0.25, -0.2) is 4.79 Å². The molecular weight excluding hydrogens is 399 g/mol. The molecule has 1 aromatic carbocycles. The number of hydrogen-bond donors (Lipinski definition) is 1. The minimum Gasteiger partial charge on any atom is -0.364 e. The molecule has 0 aliphatic carbocycles. The van der Waals surface area contributed by atoms with E-state index in [0.717, 1.165) is 10.7 Å². The van der Waals surface area contributed by atoms with Crippen molar-refractivity contribution in [2.24, 2.45) is 5.73 Å². The highest BCUT2D eigenvalue weighted by atomic mass is 19.4. The van der Waals surface area contributed by atoms with Crippen LogP contribution in [0.4, 0.5) is 18.0 Å². The maximum Gasteiger partial charge on any atom is 0.416 e. The lowest BCUT2D eigenvalue weighted by Crippen LogP contribution is -2.51. The van der Waals surface area contributed by atoms with Crippen molar-refractivity contribution in [2.45, 2.75) is 44.6 Å². The van der Waals surface area contributed by atoms with Crippen LogP contribution in [0.25, 0.3) is 0 Å². The third-order valence-electron chi connectivity index (χ3n) is 5.44. The summed E-state index contributed by atoms with van der Waals surface area (Å²) in [6.45, 7) is 2.78. The summed E-state index contributed by atoms with van der Waals surface area (Å²) in [5, 5.41) is 3.91. The van der Waals surface area contributed by atoms with Gasteiger partial charge < -0.3 is 10.6 Å². The standard InChI is InChI=1S/C20H24F3N5O2/c1-13-10-16(26(2)12-14-4-3-5-15(11-14)20(21,22)23)6-8-27(13)19(30)28-9-7-17(25-28)18(24)29/h3-5,7,9,11,13,16H,6,8,10,12H2,1-2H3,(H2,24,29)/t13-,16-/m1/s1. The molecule has 2 amide bonds. The van der Waals surface area contributed by atoms with E-state index in [1.165, 1.54) is 24.4 Å². The Morgan fingerprint density at radius 2 is 2.03 bits per heavy atom. The Morgan fingerprint density at radius 3 is 2.63 bits per heavy atom. The van der Waals surface area contributed by atoms with Crippen LogP contribution in [0.3, 0.4) is 0 Å². The van der Waals surface area contributed by atoms with Crippen LogP contribution in [0.5, 0.6) is 0 Å². The number of halogens is 3. The number of amides is 2. The lowest BCUT2D eigenvalue weighted by molar-refractivity contribution is -0.137. The monoisotopic (exact) mass is 423 g/mol. The molecule has 0 spiro atoms. The Bertz CT molecular complexity index is 927. The minimum absolute atomic E-state index is 0.0201. The number of primary amides is 1. The topological polar surface area (TPSA) is 84.5 Å². The Labute approximate surface area is 172 Å². The molecule has 1 aromatic heterocycles. The van der Waals surface area contributed by atoms with E-state index in [1.54, 1.807) is 11.0 Å². The van der Waals surface area contributed by atoms with Crippen molar-refractivity contribution in [1.29, 1.82) is 0 Å². The molecule has 2 N–H and O–H groups in total. The first-order chi connectivity index (χ1) is 14.1. The summed E-state index contributed by atoms with van der Waals surface area (Å²) < 4.78 is 39.9. The number of nitrogens with two attached hydrogens (primary N) is 1. The lowest BCUT2D eigenvalue weighted by Gasteiger charge is -2.40. The molecule has 0 radical (unpaired) electrons. The van der Waals surface area contributed by atoms with Gasteiger partial charge in [-0.2, -0.15) is 23.0 Å². The van der Waals surface area contributed by atoms with Gasteiger partial charge in [0.15, 0.2) is 5.69 Å². The fraction of sp³-hybridized carbons (Fsp3) is 0.450. The molecule has 1 fully saturated rings. The molecule has 1 aliphatic rings. The van der Waals surface area contributed by atoms with Crippen LogP contribution in [0.1, 0.15) is 41.4 Å². The van der Waals surface area contributed by atoms with E-state index in [1.807, 2.05) is 18.9 Å². The lowest BCUT2D eigenvalue weighted by atomic mass is 9.97. The normalized spacial score (nSPS) is 19.9. The van der Waals surface area contributed by atoms with Gasteiger partial charge in [-0.05, 0) is 44.5 Å². The molecule has 2 atom stereocenters. The summed E-state index contributed by atoms with van der Waals surface area (Å²) >= 11 is 0. The van der Waals surface area contributed by atoms with E-state index in [9.17, 15) is 22.8 Å². The molecule has 0 unspecified atom stereocenters. The molecule has 10 heteroatoms. The van der Waals surface area contributed by atoms with Gasteiger partial charge in [-0.1, -0.05) is 18.2 Å². The summed E-state index contributed by atoms with van der Waals surface area (Å²) in [7, 11) is 1.88. The first kappa shape index (κ1) is 21.8. The Kier molecular flexibility index (Phi) is 6.16. The van der Waals surface area contributed by atoms with Crippen molar-refractivity contribution in [3.05, 3.63) is 53.3 Å². The molecule has 2 aromatic rings. The highest BCUT2D eigenvalue weighted by Gasteiger charge is 2.33. The van der Waals surface area contributed by atoms with Crippen LogP contribution in [-0.2, 0) is 12.7 Å². The average molecular weight is 423 g/mol. The second-order valence-electron chi connectivity index (χ2n) is 7.63. The number of carbonyl (C=O) groups excluding carboxylic acids is 2. The second-order valence-corrected chi connectivity index (χ2v) is 7.63. The third-order valence-corrected chi connectivity index (χ3v) is 5.44. The Morgan fingerprint density at radius 1 is 1.30 bits per heavy atom. The van der Waals surface area contributed by atoms with Gasteiger partial charge in [0, 0.05) is 31.4 Å². The van der Waals surface area contributed by atoms with Crippen molar-refractivity contribution in [1.82, 2.24) is 19.6 Å². The fourth-order valence-electron chi connectivity index (χ4n) is 3.79. The predicted octanol–water partition coefficient (Wildman–Crippen LogP) is 2.95. The van der Waals surface area contributed by atoms with Crippen molar-refractivity contribution < 1.29 is 22.8 Å². The Balaban J connectivity index is 1.62. The van der Waals surface area contributed by atoms with E-state index in [0.29, 0.717) is 31.5 Å². The molecule has 1 saturated heterocycles. The number of aromatic nitrogens is 2. The van der Waals surface area contributed by atoms with Gasteiger partial charge in [-0.3, -0.25) is 9.69 Å². The van der Waals surface area contributed by atoms with Crippen LogP contribution < -0.4 is 5.73 Å². The van der Waals surface area contributed by atoms with Gasteiger partial charge >= 0.3 is 12.2 Å². The number of hydrogen-bond acceptors (Lipinski definition) is 4. The Hall–Kier alpha value is -2.88. The largest absolute Gasteiger partial charge is 0.416 e. The summed E-state index contributed by atoms with van der Waals surface area (Å²) in [6.07, 6.45) is -1.61. The highest BCUT2D eigenvalue weighted by Crippen LogP contribution is 2.30. The smallest absolute Gasteiger partial charge is 0.364 e. The van der Waals surface area contributed by atoms with Crippen molar-refractivity contribution in [2.75, 3.05) is 13.6 Å². The molecule has 7 nitrogen and oxygen atoms in total. The number of benzene rings is 1. The van der Waals surface area contributed by atoms with Gasteiger partial charge in [0.25, 0.3) is 5.91 Å². The van der Waals surface area contributed by atoms with Crippen LogP contribution in [0.15, 0.2) is 36.5 Å². The number of alkyl halides is 3. The molecule has 3 rings (SSSR count). The first-order valence-electron chi connectivity index (χ1n) is 9.59. The second kappa shape index (κ2) is 8.47. The summed E-state index contributed by atoms with van der Waals surface area (Å²) in [6, 6.07) is 6.41. The molecule has 1 aliphatic heterocycles. The van der Waals surface area contributed by atoms with E-state index in [-0.39, 0.29) is 23.8 Å². The maximum atomic E-state index is 12.9. The first-order valence-corrected chi connectivity index (χ1v) is 9.59. The average Bonchev–Trinajstić information content (AvgIpc) is 3.17. The van der Waals surface area contributed by atoms with Gasteiger partial charge in [0.2, 0.25) is 0 Å². The zero-order valence-electron chi connectivity index (χ0n) is 16.8. The number of carbonyl (C=O) groups is 2. The summed E-state index contributed by atoms with van der Waals surface area (Å²) in [5.74, 6) is -0.704. The van der Waals surface area contributed by atoms with Crippen LogP contribution in [0, 0.1) is 0 Å². The quantitative estimate of drug-likeness (QED) is 0.820. The van der Waals surface area contributed by atoms with Crippen molar-refractivity contribution in [3.63, 3.8) is 0 Å². The number of piperidine rings is 1. The molecule has 162 valence electrons. The van der Waals surface area contributed by atoms with E-state index >= 15 is 0 Å². The zero-order chi connectivity index (χ0) is 22.1. The highest BCUT2D eigenvalue weighted by molar-refractivity contribution is 5.91. The molecule has 0 saturated carbocycles. The van der Waals surface area contributed by atoms with Crippen LogP contribution in [-0.4, -0.2) is 57.2 Å². The fourth-order valence-corrected chi connectivity index (χ4v) is 3.79. The van der Waals surface area contributed by atoms with E-state index in [4.69, 9.17) is 5.73 Å². The summed E-state index contributed by atoms with van der Waals surface area (Å²) in [5.41, 5.74) is 5.13. The molecular formula is C20H24F3N5O2. The van der Waals surface area contributed by atoms with Crippen LogP contribution >= 0.6 is 0 Å². The van der Waals surface area contributed by atoms with E-state index in [2.05, 4.69) is 5.10 Å². The van der Waals surface area contributed by atoms with Gasteiger partial charge in [0.1, 0.15) is 0 Å².